The summed E-state index contributed by atoms with van der Waals surface area (Å²) in [6, 6.07) is 20.0. The van der Waals surface area contributed by atoms with Gasteiger partial charge in [-0.25, -0.2) is 23.4 Å². The quantitative estimate of drug-likeness (QED) is 0.0528. The average Bonchev–Trinajstić information content (AvgIpc) is 3.30. The first-order chi connectivity index (χ1) is 31.9. The third-order valence-corrected chi connectivity index (χ3v) is 11.8. The van der Waals surface area contributed by atoms with E-state index < -0.39 is 93.8 Å². The predicted molar refractivity (Wildman–Crippen MR) is 253 cm³/mol. The zero-order valence-corrected chi connectivity index (χ0v) is 39.5. The van der Waals surface area contributed by atoms with Gasteiger partial charge in [-0.15, -0.1) is 0 Å². The second kappa shape index (κ2) is 26.5. The molecule has 18 nitrogen and oxygen atoms in total. The summed E-state index contributed by atoms with van der Waals surface area (Å²) in [4.78, 5) is 94.7. The minimum atomic E-state index is -3.95. The van der Waals surface area contributed by atoms with Crippen molar-refractivity contribution in [2.75, 3.05) is 25.2 Å². The van der Waals surface area contributed by atoms with Gasteiger partial charge in [-0.05, 0) is 54.7 Å². The van der Waals surface area contributed by atoms with E-state index >= 15 is 0 Å². The summed E-state index contributed by atoms with van der Waals surface area (Å²) in [6.45, 7) is 6.20. The number of hydrogen-bond donors (Lipinski definition) is 7. The van der Waals surface area contributed by atoms with E-state index in [0.717, 1.165) is 36.6 Å². The Morgan fingerprint density at radius 3 is 1.79 bits per heavy atom. The molecule has 0 heterocycles. The van der Waals surface area contributed by atoms with Gasteiger partial charge in [0.15, 0.2) is 5.78 Å². The lowest BCUT2D eigenvalue weighted by Gasteiger charge is -2.31. The summed E-state index contributed by atoms with van der Waals surface area (Å²) < 4.78 is 30.9. The second-order valence-electron chi connectivity index (χ2n) is 17.1. The summed E-state index contributed by atoms with van der Waals surface area (Å²) in [5, 5.41) is 19.9. The maximum absolute atomic E-state index is 14.3. The van der Waals surface area contributed by atoms with Crippen LogP contribution in [0.1, 0.15) is 101 Å². The van der Waals surface area contributed by atoms with E-state index in [4.69, 9.17) is 4.74 Å². The van der Waals surface area contributed by atoms with Gasteiger partial charge in [-0.2, -0.15) is 5.10 Å². The molecule has 0 spiro atoms. The number of Topliss-reactive ketones (excluding diaryl/α,β-unsaturated/α-hetero) is 1. The summed E-state index contributed by atoms with van der Waals surface area (Å²) >= 11 is 0. The lowest BCUT2D eigenvalue weighted by atomic mass is 9.83. The van der Waals surface area contributed by atoms with E-state index in [1.807, 2.05) is 74.5 Å². The fraction of sp³-hybridized carbons (Fsp3) is 0.458. The molecular weight excluding hydrogens is 881 g/mol. The van der Waals surface area contributed by atoms with Gasteiger partial charge >= 0.3 is 12.1 Å². The molecule has 19 heteroatoms. The first-order valence-electron chi connectivity index (χ1n) is 22.5. The molecule has 0 saturated heterocycles. The number of nitrogens with zero attached hydrogens (tertiary/aromatic N) is 1. The van der Waals surface area contributed by atoms with Crippen LogP contribution in [0.5, 0.6) is 0 Å². The molecular formula is C48H64N8O10S. The molecule has 0 unspecified atom stereocenters. The van der Waals surface area contributed by atoms with Crippen LogP contribution < -0.4 is 37.3 Å². The van der Waals surface area contributed by atoms with Crippen LogP contribution in [0.4, 0.5) is 9.59 Å². The van der Waals surface area contributed by atoms with E-state index in [-0.39, 0.29) is 30.6 Å². The number of carbonyl (C=O) groups excluding carboxylic acids is 7. The zero-order valence-electron chi connectivity index (χ0n) is 38.7. The topological polar surface area (TPSA) is 259 Å². The molecule has 0 aromatic heterocycles. The smallest absolute Gasteiger partial charge is 0.407 e. The fourth-order valence-corrected chi connectivity index (χ4v) is 8.44. The van der Waals surface area contributed by atoms with E-state index in [0.29, 0.717) is 24.8 Å². The highest BCUT2D eigenvalue weighted by atomic mass is 32.2. The van der Waals surface area contributed by atoms with Crippen molar-refractivity contribution in [3.63, 3.8) is 0 Å². The van der Waals surface area contributed by atoms with Crippen molar-refractivity contribution in [1.82, 2.24) is 37.3 Å². The van der Waals surface area contributed by atoms with Gasteiger partial charge < -0.3 is 36.6 Å². The number of hydrogen-bond acceptors (Lipinski definition) is 11. The summed E-state index contributed by atoms with van der Waals surface area (Å²) in [5.74, 6) is -5.07. The number of nitrogens with one attached hydrogen (secondary N) is 7. The Labute approximate surface area is 392 Å². The van der Waals surface area contributed by atoms with Gasteiger partial charge in [0.1, 0.15) is 33.7 Å². The maximum Gasteiger partial charge on any atom is 0.407 e. The SMILES string of the molecule is CCC[C@H](NC(=O)[C@H](CS(C)(=O)=O)NC(=O)[C@@H](NC(=O)OCC(C)C)C1CCCCC1)C(=NNC(=O)NC(c1ccccc1)c1ccccc1)C(=O)NCC(=O)N[C@H](C(C)=O)c1ccccc1. The van der Waals surface area contributed by atoms with Crippen molar-refractivity contribution in [1.29, 1.82) is 0 Å². The largest absolute Gasteiger partial charge is 0.449 e. The van der Waals surface area contributed by atoms with Crippen LogP contribution in [0.3, 0.4) is 0 Å². The van der Waals surface area contributed by atoms with E-state index in [2.05, 4.69) is 42.4 Å². The van der Waals surface area contributed by atoms with Crippen LogP contribution in [0, 0.1) is 11.8 Å². The van der Waals surface area contributed by atoms with Crippen LogP contribution in [0.2, 0.25) is 0 Å². The van der Waals surface area contributed by atoms with Crippen molar-refractivity contribution in [3.8, 4) is 0 Å². The van der Waals surface area contributed by atoms with E-state index in [1.54, 1.807) is 37.3 Å². The number of sulfone groups is 1. The Kier molecular flexibility index (Phi) is 21.0. The van der Waals surface area contributed by atoms with Crippen molar-refractivity contribution in [2.45, 2.75) is 103 Å². The molecule has 362 valence electrons. The van der Waals surface area contributed by atoms with Gasteiger partial charge in [0.25, 0.3) is 5.91 Å². The van der Waals surface area contributed by atoms with E-state index in [1.165, 1.54) is 6.92 Å². The Bertz CT molecular complexity index is 2240. The van der Waals surface area contributed by atoms with Gasteiger partial charge in [-0.3, -0.25) is 24.0 Å². The molecule has 1 saturated carbocycles. The number of benzene rings is 3. The Morgan fingerprint density at radius 1 is 0.716 bits per heavy atom. The lowest BCUT2D eigenvalue weighted by molar-refractivity contribution is -0.130. The number of urea groups is 1. The number of ether oxygens (including phenoxy) is 1. The molecule has 0 bridgehead atoms. The average molecular weight is 945 g/mol. The molecule has 1 fully saturated rings. The number of hydrazone groups is 1. The lowest BCUT2D eigenvalue weighted by Crippen LogP contribution is -2.60. The van der Waals surface area contributed by atoms with Crippen molar-refractivity contribution < 1.29 is 46.7 Å². The van der Waals surface area contributed by atoms with E-state index in [9.17, 15) is 42.0 Å². The minimum absolute atomic E-state index is 0.0120. The van der Waals surface area contributed by atoms with Crippen molar-refractivity contribution >= 4 is 57.1 Å². The van der Waals surface area contributed by atoms with Gasteiger partial charge in [-0.1, -0.05) is 137 Å². The van der Waals surface area contributed by atoms with Crippen molar-refractivity contribution in [2.24, 2.45) is 16.9 Å². The molecule has 1 aliphatic rings. The number of rotatable bonds is 23. The first-order valence-corrected chi connectivity index (χ1v) is 24.6. The van der Waals surface area contributed by atoms with Crippen molar-refractivity contribution in [3.05, 3.63) is 108 Å². The maximum atomic E-state index is 14.3. The third-order valence-electron chi connectivity index (χ3n) is 10.9. The van der Waals surface area contributed by atoms with Crippen LogP contribution >= 0.6 is 0 Å². The molecule has 4 rings (SSSR count). The van der Waals surface area contributed by atoms with Crippen LogP contribution in [0.15, 0.2) is 96.1 Å². The Morgan fingerprint density at radius 2 is 1.27 bits per heavy atom. The summed E-state index contributed by atoms with van der Waals surface area (Å²) in [5.41, 5.74) is 3.87. The normalized spacial score (nSPS) is 14.9. The highest BCUT2D eigenvalue weighted by Gasteiger charge is 2.36. The predicted octanol–water partition coefficient (Wildman–Crippen LogP) is 4.14. The highest BCUT2D eigenvalue weighted by molar-refractivity contribution is 7.90. The standard InChI is InChI=1S/C48H64N8O10S/c1-6-19-37(50-44(59)38(30-67(5,64)65)51-46(61)42(36-26-17-10-18-27-36)54-48(63)66-29-31(2)3)43(45(60)49-28-39(58)52-40(32(4)57)33-20-11-7-12-21-33)55-56-47(62)53-41(34-22-13-8-14-23-34)35-24-15-9-16-25-35/h7-9,11-16,20-25,31,36-38,40-42H,6,10,17-19,26-30H2,1-5H3,(H,49,60)(H,50,59)(H,51,61)(H,52,58)(H,54,63)(H2,53,56,62)/t37-,38-,40+,42-/m0/s1. The Balaban J connectivity index is 1.64. The summed E-state index contributed by atoms with van der Waals surface area (Å²) in [6.07, 6.45) is 4.11. The monoisotopic (exact) mass is 944 g/mol. The number of carbonyl (C=O) groups is 7. The van der Waals surface area contributed by atoms with Gasteiger partial charge in [0, 0.05) is 6.26 Å². The molecule has 1 aliphatic carbocycles. The number of ketones is 1. The van der Waals surface area contributed by atoms with Crippen LogP contribution in [-0.4, -0.2) is 99.0 Å². The zero-order chi connectivity index (χ0) is 48.9. The molecule has 7 N–H and O–H groups in total. The number of alkyl carbamates (subject to hydrolysis) is 1. The molecule has 67 heavy (non-hydrogen) atoms. The first kappa shape index (κ1) is 53.0. The van der Waals surface area contributed by atoms with Crippen LogP contribution in [-0.2, 0) is 38.5 Å². The highest BCUT2D eigenvalue weighted by Crippen LogP contribution is 2.27. The van der Waals surface area contributed by atoms with Crippen LogP contribution in [0.25, 0.3) is 0 Å². The molecule has 7 amide bonds. The van der Waals surface area contributed by atoms with Gasteiger partial charge in [0.05, 0.1) is 31.0 Å². The molecule has 3 aromatic rings. The summed E-state index contributed by atoms with van der Waals surface area (Å²) in [7, 11) is -3.95. The second-order valence-corrected chi connectivity index (χ2v) is 19.2. The minimum Gasteiger partial charge on any atom is -0.449 e. The molecule has 0 aliphatic heterocycles. The Hall–Kier alpha value is -6.63. The molecule has 3 aromatic carbocycles. The number of amides is 7. The molecule has 0 radical (unpaired) electrons. The fourth-order valence-electron chi connectivity index (χ4n) is 7.60. The third kappa shape index (κ3) is 17.9. The van der Waals surface area contributed by atoms with Gasteiger partial charge in [0.2, 0.25) is 17.7 Å². The molecule has 4 atom stereocenters.